The number of nitrogens with zero attached hydrogens (tertiary/aromatic N) is 1. The van der Waals surface area contributed by atoms with Gasteiger partial charge >= 0.3 is 5.97 Å². The quantitative estimate of drug-likeness (QED) is 0.797. The van der Waals surface area contributed by atoms with Gasteiger partial charge in [0, 0.05) is 18.6 Å². The first-order valence-corrected chi connectivity index (χ1v) is 7.35. The molecule has 3 unspecified atom stereocenters. The largest absolute Gasteiger partial charge is 0.481 e. The monoisotopic (exact) mass is 266 g/mol. The van der Waals surface area contributed by atoms with Crippen molar-refractivity contribution >= 4 is 11.9 Å². The zero-order valence-corrected chi connectivity index (χ0v) is 11.2. The van der Waals surface area contributed by atoms with Crippen LogP contribution in [0.5, 0.6) is 0 Å². The van der Waals surface area contributed by atoms with Crippen molar-refractivity contribution in [2.45, 2.75) is 57.0 Å². The summed E-state index contributed by atoms with van der Waals surface area (Å²) in [5.41, 5.74) is 5.48. The van der Waals surface area contributed by atoms with Gasteiger partial charge in [-0.25, -0.2) is 0 Å². The van der Waals surface area contributed by atoms with Gasteiger partial charge in [-0.2, -0.15) is 0 Å². The van der Waals surface area contributed by atoms with Crippen molar-refractivity contribution in [1.82, 2.24) is 4.90 Å². The first kappa shape index (κ1) is 12.9. The minimum atomic E-state index is -0.752. The fourth-order valence-corrected chi connectivity index (χ4v) is 4.40. The summed E-state index contributed by atoms with van der Waals surface area (Å²) in [4.78, 5) is 26.0. The average Bonchev–Trinajstić information content (AvgIpc) is 3.12. The molecule has 2 saturated heterocycles. The molecule has 3 atom stereocenters. The van der Waals surface area contributed by atoms with Crippen LogP contribution in [0, 0.1) is 11.3 Å². The van der Waals surface area contributed by atoms with E-state index in [1.165, 1.54) is 0 Å². The van der Waals surface area contributed by atoms with Crippen LogP contribution in [0.2, 0.25) is 0 Å². The van der Waals surface area contributed by atoms with Crippen LogP contribution in [0.25, 0.3) is 0 Å². The second-order valence-corrected chi connectivity index (χ2v) is 6.38. The van der Waals surface area contributed by atoms with Crippen molar-refractivity contribution in [3.05, 3.63) is 0 Å². The summed E-state index contributed by atoms with van der Waals surface area (Å²) in [7, 11) is 0. The molecule has 3 aliphatic rings. The van der Waals surface area contributed by atoms with E-state index in [1.807, 2.05) is 4.90 Å². The molecule has 5 heteroatoms. The lowest BCUT2D eigenvalue weighted by Gasteiger charge is -2.34. The summed E-state index contributed by atoms with van der Waals surface area (Å²) < 4.78 is 0. The summed E-state index contributed by atoms with van der Waals surface area (Å²) >= 11 is 0. The van der Waals surface area contributed by atoms with Crippen LogP contribution >= 0.6 is 0 Å². The van der Waals surface area contributed by atoms with Crippen LogP contribution in [0.1, 0.15) is 44.9 Å². The Morgan fingerprint density at radius 3 is 2.47 bits per heavy atom. The molecule has 19 heavy (non-hydrogen) atoms. The van der Waals surface area contributed by atoms with Gasteiger partial charge in [-0.1, -0.05) is 12.8 Å². The Hall–Kier alpha value is -1.10. The standard InChI is InChI=1S/C14H22N2O3/c15-8-14(5-1-2-6-14)13(19)16-9-3-4-11(16)10(7-9)12(17)18/h9-11H,1-8,15H2,(H,17,18). The highest BCUT2D eigenvalue weighted by Gasteiger charge is 2.55. The molecule has 0 radical (unpaired) electrons. The molecule has 3 rings (SSSR count). The van der Waals surface area contributed by atoms with Gasteiger partial charge in [-0.05, 0) is 32.1 Å². The van der Waals surface area contributed by atoms with Crippen molar-refractivity contribution in [2.24, 2.45) is 17.1 Å². The highest BCUT2D eigenvalue weighted by Crippen LogP contribution is 2.47. The van der Waals surface area contributed by atoms with Crippen LogP contribution in [0.15, 0.2) is 0 Å². The summed E-state index contributed by atoms with van der Waals surface area (Å²) in [6, 6.07) is 0.0571. The highest BCUT2D eigenvalue weighted by molar-refractivity contribution is 5.86. The van der Waals surface area contributed by atoms with E-state index in [2.05, 4.69) is 0 Å². The van der Waals surface area contributed by atoms with E-state index in [4.69, 9.17) is 5.73 Å². The Labute approximate surface area is 113 Å². The molecule has 0 spiro atoms. The van der Waals surface area contributed by atoms with Gasteiger partial charge < -0.3 is 15.7 Å². The number of carbonyl (C=O) groups is 2. The molecular formula is C14H22N2O3. The third kappa shape index (κ3) is 1.78. The molecule has 3 fully saturated rings. The Balaban J connectivity index is 1.83. The van der Waals surface area contributed by atoms with E-state index in [1.54, 1.807) is 0 Å². The molecule has 5 nitrogen and oxygen atoms in total. The Morgan fingerprint density at radius 2 is 1.95 bits per heavy atom. The van der Waals surface area contributed by atoms with Gasteiger partial charge in [0.2, 0.25) is 5.91 Å². The minimum Gasteiger partial charge on any atom is -0.481 e. The van der Waals surface area contributed by atoms with Crippen molar-refractivity contribution < 1.29 is 14.7 Å². The van der Waals surface area contributed by atoms with E-state index in [-0.39, 0.29) is 23.9 Å². The van der Waals surface area contributed by atoms with Gasteiger partial charge in [0.1, 0.15) is 0 Å². The molecule has 0 aromatic carbocycles. The Bertz CT molecular complexity index is 403. The number of carboxylic acids is 1. The fourth-order valence-electron chi connectivity index (χ4n) is 4.40. The lowest BCUT2D eigenvalue weighted by Crippen LogP contribution is -2.49. The van der Waals surface area contributed by atoms with Crippen LogP contribution in [-0.2, 0) is 9.59 Å². The number of hydrogen-bond donors (Lipinski definition) is 2. The van der Waals surface area contributed by atoms with Crippen molar-refractivity contribution in [3.8, 4) is 0 Å². The summed E-state index contributed by atoms with van der Waals surface area (Å²) in [6.45, 7) is 0.402. The van der Waals surface area contributed by atoms with Crippen LogP contribution in [0.4, 0.5) is 0 Å². The number of amides is 1. The maximum absolute atomic E-state index is 12.9. The molecular weight excluding hydrogens is 244 g/mol. The van der Waals surface area contributed by atoms with Crippen LogP contribution < -0.4 is 5.73 Å². The third-order valence-electron chi connectivity index (χ3n) is 5.49. The molecule has 1 saturated carbocycles. The zero-order valence-electron chi connectivity index (χ0n) is 11.2. The lowest BCUT2D eigenvalue weighted by atomic mass is 9.84. The van der Waals surface area contributed by atoms with Crippen LogP contribution in [0.3, 0.4) is 0 Å². The molecule has 1 aliphatic carbocycles. The van der Waals surface area contributed by atoms with Crippen LogP contribution in [-0.4, -0.2) is 40.5 Å². The predicted molar refractivity (Wildman–Crippen MR) is 69.4 cm³/mol. The first-order valence-electron chi connectivity index (χ1n) is 7.35. The van der Waals surface area contributed by atoms with Gasteiger partial charge in [0.05, 0.1) is 11.3 Å². The average molecular weight is 266 g/mol. The molecule has 2 heterocycles. The SMILES string of the molecule is NCC1(C(=O)N2C3CCC2C(C(=O)O)C3)CCCC1. The van der Waals surface area contributed by atoms with Gasteiger partial charge in [-0.15, -0.1) is 0 Å². The molecule has 2 bridgehead atoms. The fraction of sp³-hybridized carbons (Fsp3) is 0.857. The normalized spacial score (nSPS) is 35.8. The zero-order chi connectivity index (χ0) is 13.6. The Morgan fingerprint density at radius 1 is 1.26 bits per heavy atom. The van der Waals surface area contributed by atoms with Crippen molar-refractivity contribution in [3.63, 3.8) is 0 Å². The van der Waals surface area contributed by atoms with E-state index in [0.29, 0.717) is 13.0 Å². The van der Waals surface area contributed by atoms with Crippen molar-refractivity contribution in [1.29, 1.82) is 0 Å². The summed E-state index contributed by atoms with van der Waals surface area (Å²) in [5.74, 6) is -0.971. The molecule has 1 amide bonds. The highest BCUT2D eigenvalue weighted by atomic mass is 16.4. The topological polar surface area (TPSA) is 83.6 Å². The van der Waals surface area contributed by atoms with E-state index in [0.717, 1.165) is 38.5 Å². The van der Waals surface area contributed by atoms with Gasteiger partial charge in [-0.3, -0.25) is 9.59 Å². The minimum absolute atomic E-state index is 0.0842. The first-order chi connectivity index (χ1) is 9.09. The van der Waals surface area contributed by atoms with Gasteiger partial charge in [0.25, 0.3) is 0 Å². The molecule has 2 aliphatic heterocycles. The predicted octanol–water partition coefficient (Wildman–Crippen LogP) is 0.970. The number of nitrogens with two attached hydrogens (primary N) is 1. The smallest absolute Gasteiger partial charge is 0.308 e. The maximum Gasteiger partial charge on any atom is 0.308 e. The Kier molecular flexibility index (Phi) is 3.04. The number of carboxylic acid groups (broad SMARTS) is 1. The number of hydrogen-bond acceptors (Lipinski definition) is 3. The third-order valence-corrected chi connectivity index (χ3v) is 5.49. The lowest BCUT2D eigenvalue weighted by molar-refractivity contribution is -0.145. The number of rotatable bonds is 3. The number of aliphatic carboxylic acids is 1. The summed E-state index contributed by atoms with van der Waals surface area (Å²) in [6.07, 6.45) is 6.30. The molecule has 106 valence electrons. The molecule has 3 N–H and O–H groups in total. The van der Waals surface area contributed by atoms with Crippen molar-refractivity contribution in [2.75, 3.05) is 6.54 Å². The molecule has 0 aromatic heterocycles. The summed E-state index contributed by atoms with van der Waals surface area (Å²) in [5, 5.41) is 9.26. The second-order valence-electron chi connectivity index (χ2n) is 6.38. The second kappa shape index (κ2) is 4.47. The molecule has 0 aromatic rings. The van der Waals surface area contributed by atoms with E-state index in [9.17, 15) is 14.7 Å². The van der Waals surface area contributed by atoms with E-state index < -0.39 is 11.4 Å². The number of fused-ring (bicyclic) bond motifs is 2. The van der Waals surface area contributed by atoms with Gasteiger partial charge in [0.15, 0.2) is 0 Å². The number of carbonyl (C=O) groups excluding carboxylic acids is 1. The maximum atomic E-state index is 12.9. The van der Waals surface area contributed by atoms with E-state index >= 15 is 0 Å².